The molecule has 0 spiro atoms. The molecule has 2 atom stereocenters. The lowest BCUT2D eigenvalue weighted by atomic mass is 9.82. The summed E-state index contributed by atoms with van der Waals surface area (Å²) in [5.41, 5.74) is 2.26. The van der Waals surface area contributed by atoms with Gasteiger partial charge in [0.25, 0.3) is 0 Å². The lowest BCUT2D eigenvalue weighted by molar-refractivity contribution is 0.303. The van der Waals surface area contributed by atoms with Crippen LogP contribution >= 0.6 is 0 Å². The SMILES string of the molecule is c1ccc(-n2ccnn2)c(NC2CCCC(C3CC3)C2)c1. The molecule has 0 radical (unpaired) electrons. The highest BCUT2D eigenvalue weighted by Gasteiger charge is 2.34. The molecule has 0 saturated heterocycles. The molecular weight excluding hydrogens is 260 g/mol. The van der Waals surface area contributed by atoms with Crippen molar-refractivity contribution in [2.45, 2.75) is 44.6 Å². The molecular formula is C17H22N4. The summed E-state index contributed by atoms with van der Waals surface area (Å²) >= 11 is 0. The van der Waals surface area contributed by atoms with Crippen molar-refractivity contribution in [3.8, 4) is 5.69 Å². The molecule has 2 unspecified atom stereocenters. The van der Waals surface area contributed by atoms with Crippen LogP contribution in [0.15, 0.2) is 36.7 Å². The van der Waals surface area contributed by atoms with Crippen LogP contribution < -0.4 is 5.32 Å². The maximum absolute atomic E-state index is 4.12. The Bertz CT molecular complexity index is 589. The fourth-order valence-corrected chi connectivity index (χ4v) is 3.71. The molecule has 1 N–H and O–H groups in total. The number of aromatic nitrogens is 3. The van der Waals surface area contributed by atoms with Gasteiger partial charge in [0.05, 0.1) is 23.8 Å². The number of para-hydroxylation sites is 2. The Morgan fingerprint density at radius 1 is 1.05 bits per heavy atom. The van der Waals surface area contributed by atoms with Crippen molar-refractivity contribution in [3.63, 3.8) is 0 Å². The minimum Gasteiger partial charge on any atom is -0.381 e. The van der Waals surface area contributed by atoms with E-state index in [1.807, 2.05) is 10.9 Å². The number of anilines is 1. The summed E-state index contributed by atoms with van der Waals surface area (Å²) in [5, 5.41) is 11.8. The third-order valence-electron chi connectivity index (χ3n) is 4.94. The van der Waals surface area contributed by atoms with E-state index in [-0.39, 0.29) is 0 Å². The summed E-state index contributed by atoms with van der Waals surface area (Å²) in [6.07, 6.45) is 12.0. The predicted molar refractivity (Wildman–Crippen MR) is 83.5 cm³/mol. The second-order valence-electron chi connectivity index (χ2n) is 6.47. The van der Waals surface area contributed by atoms with Crippen molar-refractivity contribution >= 4 is 5.69 Å². The average Bonchev–Trinajstić information content (AvgIpc) is 3.24. The molecule has 0 bridgehead atoms. The van der Waals surface area contributed by atoms with Gasteiger partial charge in [-0.3, -0.25) is 0 Å². The predicted octanol–water partition coefficient (Wildman–Crippen LogP) is 3.65. The first-order valence-electron chi connectivity index (χ1n) is 8.12. The van der Waals surface area contributed by atoms with Crippen molar-refractivity contribution in [1.82, 2.24) is 15.0 Å². The Hall–Kier alpha value is -1.84. The Balaban J connectivity index is 1.51. The number of nitrogens with one attached hydrogen (secondary N) is 1. The van der Waals surface area contributed by atoms with Crippen LogP contribution in [0, 0.1) is 11.8 Å². The maximum atomic E-state index is 4.12. The third-order valence-corrected chi connectivity index (χ3v) is 4.94. The average molecular weight is 282 g/mol. The van der Waals surface area contributed by atoms with Gasteiger partial charge in [-0.05, 0) is 49.7 Å². The van der Waals surface area contributed by atoms with Crippen molar-refractivity contribution in [2.24, 2.45) is 11.8 Å². The van der Waals surface area contributed by atoms with Crippen molar-refractivity contribution in [2.75, 3.05) is 5.32 Å². The monoisotopic (exact) mass is 282 g/mol. The summed E-state index contributed by atoms with van der Waals surface area (Å²) in [5.74, 6) is 1.98. The third kappa shape index (κ3) is 2.80. The van der Waals surface area contributed by atoms with E-state index in [9.17, 15) is 0 Å². The van der Waals surface area contributed by atoms with Gasteiger partial charge in [0, 0.05) is 6.04 Å². The van der Waals surface area contributed by atoms with Gasteiger partial charge < -0.3 is 5.32 Å². The first-order chi connectivity index (χ1) is 10.4. The number of hydrogen-bond donors (Lipinski definition) is 1. The van der Waals surface area contributed by atoms with Gasteiger partial charge in [-0.15, -0.1) is 5.10 Å². The molecule has 2 aromatic rings. The van der Waals surface area contributed by atoms with Gasteiger partial charge in [0.15, 0.2) is 0 Å². The van der Waals surface area contributed by atoms with Gasteiger partial charge in [0.1, 0.15) is 0 Å². The summed E-state index contributed by atoms with van der Waals surface area (Å²) in [4.78, 5) is 0. The maximum Gasteiger partial charge on any atom is 0.0894 e. The highest BCUT2D eigenvalue weighted by molar-refractivity contribution is 5.61. The summed E-state index contributed by atoms with van der Waals surface area (Å²) in [6, 6.07) is 8.99. The summed E-state index contributed by atoms with van der Waals surface area (Å²) < 4.78 is 1.84. The molecule has 0 amide bonds. The topological polar surface area (TPSA) is 42.7 Å². The number of nitrogens with zero attached hydrogens (tertiary/aromatic N) is 3. The smallest absolute Gasteiger partial charge is 0.0894 e. The lowest BCUT2D eigenvalue weighted by Crippen LogP contribution is -2.28. The van der Waals surface area contributed by atoms with Crippen LogP contribution in [0.2, 0.25) is 0 Å². The van der Waals surface area contributed by atoms with Crippen molar-refractivity contribution in [3.05, 3.63) is 36.7 Å². The fraction of sp³-hybridized carbons (Fsp3) is 0.529. The van der Waals surface area contributed by atoms with E-state index in [0.29, 0.717) is 6.04 Å². The zero-order valence-corrected chi connectivity index (χ0v) is 12.3. The molecule has 2 fully saturated rings. The van der Waals surface area contributed by atoms with Crippen LogP contribution in [0.25, 0.3) is 5.69 Å². The van der Waals surface area contributed by atoms with Crippen LogP contribution in [0.4, 0.5) is 5.69 Å². The largest absolute Gasteiger partial charge is 0.381 e. The summed E-state index contributed by atoms with van der Waals surface area (Å²) in [6.45, 7) is 0. The highest BCUT2D eigenvalue weighted by Crippen LogP contribution is 2.44. The fourth-order valence-electron chi connectivity index (χ4n) is 3.71. The van der Waals surface area contributed by atoms with Crippen LogP contribution in [0.3, 0.4) is 0 Å². The Kier molecular flexibility index (Phi) is 3.37. The second-order valence-corrected chi connectivity index (χ2v) is 6.47. The van der Waals surface area contributed by atoms with E-state index >= 15 is 0 Å². The molecule has 21 heavy (non-hydrogen) atoms. The lowest BCUT2D eigenvalue weighted by Gasteiger charge is -2.31. The number of benzene rings is 1. The molecule has 110 valence electrons. The van der Waals surface area contributed by atoms with Crippen LogP contribution in [-0.4, -0.2) is 21.0 Å². The molecule has 2 aliphatic carbocycles. The first-order valence-corrected chi connectivity index (χ1v) is 8.12. The van der Waals surface area contributed by atoms with Crippen LogP contribution in [0.1, 0.15) is 38.5 Å². The highest BCUT2D eigenvalue weighted by atomic mass is 15.4. The zero-order valence-electron chi connectivity index (χ0n) is 12.3. The molecule has 1 aromatic heterocycles. The quantitative estimate of drug-likeness (QED) is 0.931. The van der Waals surface area contributed by atoms with Crippen molar-refractivity contribution < 1.29 is 0 Å². The summed E-state index contributed by atoms with van der Waals surface area (Å²) in [7, 11) is 0. The number of hydrogen-bond acceptors (Lipinski definition) is 3. The van der Waals surface area contributed by atoms with E-state index in [1.54, 1.807) is 6.20 Å². The first kappa shape index (κ1) is 12.9. The van der Waals surface area contributed by atoms with E-state index in [4.69, 9.17) is 0 Å². The molecule has 1 heterocycles. The molecule has 2 aliphatic rings. The van der Waals surface area contributed by atoms with Gasteiger partial charge in [-0.2, -0.15) is 0 Å². The molecule has 4 nitrogen and oxygen atoms in total. The molecule has 4 rings (SSSR count). The molecule has 1 aromatic carbocycles. The standard InChI is InChI=1S/C17H22N4/c1-2-7-17(21-11-10-18-20-21)16(6-1)19-15-5-3-4-14(12-15)13-8-9-13/h1-2,6-7,10-11,13-15,19H,3-5,8-9,12H2. The zero-order chi connectivity index (χ0) is 14.1. The minimum atomic E-state index is 0.606. The van der Waals surface area contributed by atoms with Crippen molar-refractivity contribution in [1.29, 1.82) is 0 Å². The van der Waals surface area contributed by atoms with Crippen LogP contribution in [0.5, 0.6) is 0 Å². The van der Waals surface area contributed by atoms with Gasteiger partial charge >= 0.3 is 0 Å². The Morgan fingerprint density at radius 2 is 1.95 bits per heavy atom. The Morgan fingerprint density at radius 3 is 2.76 bits per heavy atom. The van der Waals surface area contributed by atoms with E-state index in [1.165, 1.54) is 44.2 Å². The second kappa shape index (κ2) is 5.51. The van der Waals surface area contributed by atoms with E-state index in [2.05, 4.69) is 39.9 Å². The number of rotatable bonds is 4. The van der Waals surface area contributed by atoms with Gasteiger partial charge in [0.2, 0.25) is 0 Å². The molecule has 4 heteroatoms. The molecule has 0 aliphatic heterocycles. The van der Waals surface area contributed by atoms with Gasteiger partial charge in [-0.25, -0.2) is 4.68 Å². The Labute approximate surface area is 125 Å². The van der Waals surface area contributed by atoms with Gasteiger partial charge in [-0.1, -0.05) is 30.2 Å². The van der Waals surface area contributed by atoms with E-state index < -0.39 is 0 Å². The normalized spacial score (nSPS) is 25.7. The van der Waals surface area contributed by atoms with Crippen LogP contribution in [-0.2, 0) is 0 Å². The molecule has 2 saturated carbocycles. The minimum absolute atomic E-state index is 0.606. The van der Waals surface area contributed by atoms with E-state index in [0.717, 1.165) is 17.5 Å².